The summed E-state index contributed by atoms with van der Waals surface area (Å²) in [4.78, 5) is 12.7. The molecule has 20 heavy (non-hydrogen) atoms. The highest BCUT2D eigenvalue weighted by atomic mass is 19.4. The van der Waals surface area contributed by atoms with Gasteiger partial charge in [0.15, 0.2) is 0 Å². The summed E-state index contributed by atoms with van der Waals surface area (Å²) in [5, 5.41) is 9.07. The van der Waals surface area contributed by atoms with Crippen LogP contribution in [0.4, 0.5) is 13.2 Å². The quantitative estimate of drug-likeness (QED) is 0.904. The molecule has 1 aliphatic rings. The molecule has 3 nitrogen and oxygen atoms in total. The fraction of sp³-hybridized carbons (Fsp3) is 0.500. The van der Waals surface area contributed by atoms with Crippen LogP contribution in [-0.2, 0) is 17.5 Å². The molecule has 0 amide bonds. The molecule has 6 heteroatoms. The number of alkyl halides is 3. The Hall–Kier alpha value is -1.56. The van der Waals surface area contributed by atoms with Gasteiger partial charge >= 0.3 is 12.1 Å². The molecule has 1 saturated carbocycles. The first kappa shape index (κ1) is 14.8. The van der Waals surface area contributed by atoms with Gasteiger partial charge in [-0.3, -0.25) is 9.69 Å². The molecule has 0 aromatic heterocycles. The van der Waals surface area contributed by atoms with E-state index in [0.29, 0.717) is 0 Å². The van der Waals surface area contributed by atoms with Crippen molar-refractivity contribution in [1.82, 2.24) is 4.90 Å². The molecule has 1 N–H and O–H groups in total. The standard InChI is InChI=1S/C14H16F3NO2/c1-9(13(19)20)18(11-6-7-11)8-10-4-2-3-5-12(10)14(15,16)17/h2-5,9,11H,6-8H2,1H3,(H,19,20). The molecule has 0 aliphatic heterocycles. The summed E-state index contributed by atoms with van der Waals surface area (Å²) < 4.78 is 38.8. The first-order chi connectivity index (χ1) is 9.30. The van der Waals surface area contributed by atoms with Gasteiger partial charge in [0.05, 0.1) is 5.56 Å². The second-order valence-electron chi connectivity index (χ2n) is 5.07. The van der Waals surface area contributed by atoms with Crippen LogP contribution in [0.3, 0.4) is 0 Å². The number of nitrogens with zero attached hydrogens (tertiary/aromatic N) is 1. The lowest BCUT2D eigenvalue weighted by molar-refractivity contribution is -0.143. The van der Waals surface area contributed by atoms with Crippen LogP contribution in [0.1, 0.15) is 30.9 Å². The van der Waals surface area contributed by atoms with Crippen molar-refractivity contribution in [3.63, 3.8) is 0 Å². The van der Waals surface area contributed by atoms with E-state index in [9.17, 15) is 18.0 Å². The Morgan fingerprint density at radius 2 is 2.00 bits per heavy atom. The molecule has 0 heterocycles. The molecular formula is C14H16F3NO2. The second-order valence-corrected chi connectivity index (χ2v) is 5.07. The van der Waals surface area contributed by atoms with E-state index in [4.69, 9.17) is 5.11 Å². The van der Waals surface area contributed by atoms with E-state index in [2.05, 4.69) is 0 Å². The third-order valence-corrected chi connectivity index (χ3v) is 3.55. The van der Waals surface area contributed by atoms with Gasteiger partial charge in [-0.1, -0.05) is 18.2 Å². The molecule has 1 aromatic carbocycles. The van der Waals surface area contributed by atoms with Crippen LogP contribution in [-0.4, -0.2) is 28.1 Å². The Kier molecular flexibility index (Phi) is 4.04. The number of aliphatic carboxylic acids is 1. The van der Waals surface area contributed by atoms with E-state index in [1.54, 1.807) is 11.0 Å². The van der Waals surface area contributed by atoms with Gasteiger partial charge in [-0.15, -0.1) is 0 Å². The van der Waals surface area contributed by atoms with Gasteiger partial charge in [-0.05, 0) is 31.4 Å². The minimum Gasteiger partial charge on any atom is -0.480 e. The molecule has 1 atom stereocenters. The van der Waals surface area contributed by atoms with E-state index in [1.807, 2.05) is 0 Å². The minimum atomic E-state index is -4.42. The Bertz CT molecular complexity index is 497. The van der Waals surface area contributed by atoms with Gasteiger partial charge in [-0.25, -0.2) is 0 Å². The van der Waals surface area contributed by atoms with E-state index in [1.165, 1.54) is 19.1 Å². The van der Waals surface area contributed by atoms with Crippen molar-refractivity contribution in [2.75, 3.05) is 0 Å². The molecule has 2 rings (SSSR count). The average molecular weight is 287 g/mol. The van der Waals surface area contributed by atoms with Crippen molar-refractivity contribution >= 4 is 5.97 Å². The maximum Gasteiger partial charge on any atom is 0.416 e. The lowest BCUT2D eigenvalue weighted by Crippen LogP contribution is -2.40. The number of carboxylic acids is 1. The van der Waals surface area contributed by atoms with Crippen molar-refractivity contribution in [1.29, 1.82) is 0 Å². The molecule has 0 saturated heterocycles. The van der Waals surface area contributed by atoms with Gasteiger partial charge < -0.3 is 5.11 Å². The van der Waals surface area contributed by atoms with Gasteiger partial charge in [0, 0.05) is 12.6 Å². The number of carbonyl (C=O) groups is 1. The highest BCUT2D eigenvalue weighted by Gasteiger charge is 2.38. The zero-order valence-electron chi connectivity index (χ0n) is 11.0. The Labute approximate surface area is 115 Å². The first-order valence-corrected chi connectivity index (χ1v) is 6.44. The van der Waals surface area contributed by atoms with Crippen molar-refractivity contribution < 1.29 is 23.1 Å². The maximum absolute atomic E-state index is 12.9. The van der Waals surface area contributed by atoms with E-state index in [-0.39, 0.29) is 18.2 Å². The zero-order chi connectivity index (χ0) is 14.9. The van der Waals surface area contributed by atoms with Crippen molar-refractivity contribution in [2.45, 2.75) is 44.6 Å². The highest BCUT2D eigenvalue weighted by molar-refractivity contribution is 5.73. The maximum atomic E-state index is 12.9. The number of halogens is 3. The Balaban J connectivity index is 2.25. The number of hydrogen-bond acceptors (Lipinski definition) is 2. The predicted molar refractivity (Wildman–Crippen MR) is 67.1 cm³/mol. The van der Waals surface area contributed by atoms with E-state index >= 15 is 0 Å². The lowest BCUT2D eigenvalue weighted by Gasteiger charge is -2.27. The Morgan fingerprint density at radius 1 is 1.40 bits per heavy atom. The van der Waals surface area contributed by atoms with Crippen LogP contribution in [0.5, 0.6) is 0 Å². The third-order valence-electron chi connectivity index (χ3n) is 3.55. The normalized spacial score (nSPS) is 17.2. The van der Waals surface area contributed by atoms with Crippen LogP contribution in [0.25, 0.3) is 0 Å². The predicted octanol–water partition coefficient (Wildman–Crippen LogP) is 3.14. The fourth-order valence-corrected chi connectivity index (χ4v) is 2.26. The summed E-state index contributed by atoms with van der Waals surface area (Å²) >= 11 is 0. The molecule has 0 radical (unpaired) electrons. The third kappa shape index (κ3) is 3.30. The molecule has 1 fully saturated rings. The van der Waals surface area contributed by atoms with Gasteiger partial charge in [0.25, 0.3) is 0 Å². The first-order valence-electron chi connectivity index (χ1n) is 6.44. The zero-order valence-corrected chi connectivity index (χ0v) is 11.0. The van der Waals surface area contributed by atoms with Crippen LogP contribution >= 0.6 is 0 Å². The van der Waals surface area contributed by atoms with Crippen molar-refractivity contribution in [3.05, 3.63) is 35.4 Å². The fourth-order valence-electron chi connectivity index (χ4n) is 2.26. The largest absolute Gasteiger partial charge is 0.480 e. The number of rotatable bonds is 5. The molecule has 1 aromatic rings. The average Bonchev–Trinajstić information content (AvgIpc) is 3.18. The summed E-state index contributed by atoms with van der Waals surface area (Å²) in [6, 6.07) is 4.61. The van der Waals surface area contributed by atoms with E-state index in [0.717, 1.165) is 18.9 Å². The van der Waals surface area contributed by atoms with Crippen molar-refractivity contribution in [3.8, 4) is 0 Å². The smallest absolute Gasteiger partial charge is 0.416 e. The molecular weight excluding hydrogens is 271 g/mol. The Morgan fingerprint density at radius 3 is 2.50 bits per heavy atom. The summed E-state index contributed by atoms with van der Waals surface area (Å²) in [6.07, 6.45) is -2.74. The highest BCUT2D eigenvalue weighted by Crippen LogP contribution is 2.35. The molecule has 0 spiro atoms. The SMILES string of the molecule is CC(C(=O)O)N(Cc1ccccc1C(F)(F)F)C1CC1. The van der Waals surface area contributed by atoms with Crippen molar-refractivity contribution in [2.24, 2.45) is 0 Å². The second kappa shape index (κ2) is 5.44. The number of carboxylic acid groups (broad SMARTS) is 1. The summed E-state index contributed by atoms with van der Waals surface area (Å²) in [5.41, 5.74) is -0.566. The van der Waals surface area contributed by atoms with Gasteiger partial charge in [-0.2, -0.15) is 13.2 Å². The summed E-state index contributed by atoms with van der Waals surface area (Å²) in [6.45, 7) is 1.52. The van der Waals surface area contributed by atoms with Crippen LogP contribution in [0.2, 0.25) is 0 Å². The summed E-state index contributed by atoms with van der Waals surface area (Å²) in [7, 11) is 0. The van der Waals surface area contributed by atoms with Crippen LogP contribution in [0.15, 0.2) is 24.3 Å². The monoisotopic (exact) mass is 287 g/mol. The molecule has 1 unspecified atom stereocenters. The van der Waals surface area contributed by atoms with E-state index < -0.39 is 23.8 Å². The van der Waals surface area contributed by atoms with Gasteiger partial charge in [0.2, 0.25) is 0 Å². The van der Waals surface area contributed by atoms with Crippen LogP contribution in [0, 0.1) is 0 Å². The van der Waals surface area contributed by atoms with Gasteiger partial charge in [0.1, 0.15) is 6.04 Å². The topological polar surface area (TPSA) is 40.5 Å². The summed E-state index contributed by atoms with van der Waals surface area (Å²) in [5.74, 6) is -1.01. The molecule has 110 valence electrons. The number of hydrogen-bond donors (Lipinski definition) is 1. The number of benzene rings is 1. The minimum absolute atomic E-state index is 0.00775. The van der Waals surface area contributed by atoms with Crippen LogP contribution < -0.4 is 0 Å². The molecule has 0 bridgehead atoms. The lowest BCUT2D eigenvalue weighted by atomic mass is 10.1. The molecule has 1 aliphatic carbocycles.